The fourth-order valence-electron chi connectivity index (χ4n) is 4.20. The maximum atomic E-state index is 13.5. The number of ether oxygens (including phenoxy) is 1. The van der Waals surface area contributed by atoms with Crippen LogP contribution in [0.2, 0.25) is 0 Å². The Morgan fingerprint density at radius 3 is 2.23 bits per heavy atom. The smallest absolute Gasteiger partial charge is 0.256 e. The number of piperidine rings is 1. The second-order valence-electron chi connectivity index (χ2n) is 9.52. The second-order valence-corrected chi connectivity index (χ2v) is 9.52. The summed E-state index contributed by atoms with van der Waals surface area (Å²) in [5.74, 6) is -0.336. The number of benzene rings is 1. The summed E-state index contributed by atoms with van der Waals surface area (Å²) in [7, 11) is 0. The Morgan fingerprint density at radius 2 is 1.70 bits per heavy atom. The van der Waals surface area contributed by atoms with Crippen molar-refractivity contribution < 1.29 is 19.1 Å². The first-order valence-corrected chi connectivity index (χ1v) is 10.7. The Balaban J connectivity index is 1.87. The Morgan fingerprint density at radius 1 is 1.10 bits per heavy atom. The van der Waals surface area contributed by atoms with Gasteiger partial charge >= 0.3 is 0 Å². The van der Waals surface area contributed by atoms with E-state index in [9.17, 15) is 14.4 Å². The highest BCUT2D eigenvalue weighted by Crippen LogP contribution is 2.39. The van der Waals surface area contributed by atoms with Crippen molar-refractivity contribution in [1.82, 2.24) is 15.1 Å². The highest BCUT2D eigenvalue weighted by molar-refractivity contribution is 5.98. The molecule has 0 aromatic heterocycles. The van der Waals surface area contributed by atoms with Gasteiger partial charge in [0.15, 0.2) is 0 Å². The van der Waals surface area contributed by atoms with Crippen molar-refractivity contribution in [3.63, 3.8) is 0 Å². The molecule has 0 radical (unpaired) electrons. The zero-order valence-corrected chi connectivity index (χ0v) is 18.6. The molecule has 0 bridgehead atoms. The van der Waals surface area contributed by atoms with E-state index < -0.39 is 17.2 Å². The fourth-order valence-corrected chi connectivity index (χ4v) is 4.20. The van der Waals surface area contributed by atoms with Crippen LogP contribution in [0.1, 0.15) is 57.8 Å². The molecule has 2 aliphatic heterocycles. The zero-order valence-electron chi connectivity index (χ0n) is 18.6. The maximum absolute atomic E-state index is 13.5. The lowest BCUT2D eigenvalue weighted by atomic mass is 9.91. The van der Waals surface area contributed by atoms with Gasteiger partial charge in [-0.05, 0) is 26.0 Å². The minimum atomic E-state index is -0.874. The number of carbonyl (C=O) groups is 3. The van der Waals surface area contributed by atoms with Crippen LogP contribution in [0.3, 0.4) is 0 Å². The predicted molar refractivity (Wildman–Crippen MR) is 114 cm³/mol. The van der Waals surface area contributed by atoms with Gasteiger partial charge in [-0.3, -0.25) is 19.3 Å². The largest absolute Gasteiger partial charge is 0.353 e. The third-order valence-corrected chi connectivity index (χ3v) is 5.71. The molecule has 0 aliphatic carbocycles. The van der Waals surface area contributed by atoms with Crippen molar-refractivity contribution in [2.75, 3.05) is 19.7 Å². The van der Waals surface area contributed by atoms with Crippen molar-refractivity contribution in [1.29, 1.82) is 0 Å². The van der Waals surface area contributed by atoms with E-state index in [1.165, 1.54) is 0 Å². The van der Waals surface area contributed by atoms with Crippen LogP contribution in [-0.2, 0) is 14.3 Å². The van der Waals surface area contributed by atoms with Crippen LogP contribution in [0.15, 0.2) is 30.3 Å². The van der Waals surface area contributed by atoms with Crippen molar-refractivity contribution in [3.8, 4) is 0 Å². The number of carbonyl (C=O) groups excluding carboxylic acids is 3. The van der Waals surface area contributed by atoms with Gasteiger partial charge in [-0.15, -0.1) is 0 Å². The summed E-state index contributed by atoms with van der Waals surface area (Å²) in [5.41, 5.74) is -0.807. The lowest BCUT2D eigenvalue weighted by Gasteiger charge is -2.45. The third kappa shape index (κ3) is 4.36. The van der Waals surface area contributed by atoms with Gasteiger partial charge in [0, 0.05) is 43.0 Å². The van der Waals surface area contributed by atoms with Gasteiger partial charge in [0.05, 0.1) is 6.61 Å². The van der Waals surface area contributed by atoms with Gasteiger partial charge in [-0.25, -0.2) is 0 Å². The van der Waals surface area contributed by atoms with Crippen LogP contribution in [0.25, 0.3) is 0 Å². The Labute approximate surface area is 178 Å². The quantitative estimate of drug-likeness (QED) is 0.822. The summed E-state index contributed by atoms with van der Waals surface area (Å²) in [4.78, 5) is 42.5. The molecule has 1 atom stereocenters. The monoisotopic (exact) mass is 415 g/mol. The first-order valence-electron chi connectivity index (χ1n) is 10.7. The van der Waals surface area contributed by atoms with E-state index in [0.29, 0.717) is 31.5 Å². The highest BCUT2D eigenvalue weighted by atomic mass is 16.5. The standard InChI is InChI=1S/C23H33N3O4/c1-16(2)24-19(27)18-15-30-23(26(18)20(28)17-9-7-6-8-10-17)11-13-25(14-12-23)21(29)22(3,4)5/h6-10,16,18H,11-15H2,1-5H3,(H,24,27)/t18-/m1/s1. The number of hydrogen-bond acceptors (Lipinski definition) is 4. The number of amides is 3. The molecular weight excluding hydrogens is 382 g/mol. The maximum Gasteiger partial charge on any atom is 0.256 e. The molecule has 2 heterocycles. The summed E-state index contributed by atoms with van der Waals surface area (Å²) < 4.78 is 6.17. The molecule has 7 heteroatoms. The second kappa shape index (κ2) is 8.38. The van der Waals surface area contributed by atoms with Crippen molar-refractivity contribution >= 4 is 17.7 Å². The summed E-state index contributed by atoms with van der Waals surface area (Å²) >= 11 is 0. The van der Waals surface area contributed by atoms with Gasteiger partial charge < -0.3 is 15.0 Å². The zero-order chi connectivity index (χ0) is 22.1. The molecule has 2 aliphatic rings. The highest BCUT2D eigenvalue weighted by Gasteiger charge is 2.54. The molecule has 3 amide bonds. The molecule has 30 heavy (non-hydrogen) atoms. The lowest BCUT2D eigenvalue weighted by Crippen LogP contribution is -2.60. The van der Waals surface area contributed by atoms with Crippen LogP contribution >= 0.6 is 0 Å². The van der Waals surface area contributed by atoms with E-state index in [4.69, 9.17) is 4.74 Å². The van der Waals surface area contributed by atoms with Crippen LogP contribution in [-0.4, -0.2) is 65.0 Å². The SMILES string of the molecule is CC(C)NC(=O)[C@H]1COC2(CCN(C(=O)C(C)(C)C)CC2)N1C(=O)c1ccccc1. The molecular formula is C23H33N3O4. The third-order valence-electron chi connectivity index (χ3n) is 5.71. The molecule has 0 unspecified atom stereocenters. The normalized spacial score (nSPS) is 21.2. The topological polar surface area (TPSA) is 79.0 Å². The molecule has 2 fully saturated rings. The van der Waals surface area contributed by atoms with Crippen LogP contribution in [0, 0.1) is 5.41 Å². The van der Waals surface area contributed by atoms with E-state index in [2.05, 4.69) is 5.32 Å². The number of nitrogens with one attached hydrogen (secondary N) is 1. The Hall–Kier alpha value is -2.41. The number of likely N-dealkylation sites (tertiary alicyclic amines) is 1. The summed E-state index contributed by atoms with van der Waals surface area (Å²) in [5, 5.41) is 2.91. The van der Waals surface area contributed by atoms with Crippen molar-refractivity contribution in [2.24, 2.45) is 5.41 Å². The molecule has 1 spiro atoms. The molecule has 1 aromatic carbocycles. The fraction of sp³-hybridized carbons (Fsp3) is 0.609. The van der Waals surface area contributed by atoms with Gasteiger partial charge in [0.1, 0.15) is 11.8 Å². The van der Waals surface area contributed by atoms with E-state index in [0.717, 1.165) is 0 Å². The van der Waals surface area contributed by atoms with Crippen LogP contribution in [0.4, 0.5) is 0 Å². The molecule has 7 nitrogen and oxygen atoms in total. The van der Waals surface area contributed by atoms with E-state index in [1.54, 1.807) is 17.0 Å². The molecule has 1 N–H and O–H groups in total. The molecule has 164 valence electrons. The number of hydrogen-bond donors (Lipinski definition) is 1. The van der Waals surface area contributed by atoms with E-state index in [1.807, 2.05) is 57.7 Å². The first-order chi connectivity index (χ1) is 14.0. The summed E-state index contributed by atoms with van der Waals surface area (Å²) in [6, 6.07) is 8.26. The van der Waals surface area contributed by atoms with Gasteiger partial charge in [0.2, 0.25) is 11.8 Å². The van der Waals surface area contributed by atoms with Gasteiger partial charge in [-0.1, -0.05) is 39.0 Å². The average Bonchev–Trinajstić information content (AvgIpc) is 3.06. The summed E-state index contributed by atoms with van der Waals surface area (Å²) in [6.45, 7) is 10.6. The van der Waals surface area contributed by atoms with Crippen molar-refractivity contribution in [3.05, 3.63) is 35.9 Å². The number of nitrogens with zero attached hydrogens (tertiary/aromatic N) is 2. The minimum Gasteiger partial charge on any atom is -0.353 e. The van der Waals surface area contributed by atoms with Crippen LogP contribution in [0.5, 0.6) is 0 Å². The average molecular weight is 416 g/mol. The van der Waals surface area contributed by atoms with Gasteiger partial charge in [-0.2, -0.15) is 0 Å². The van der Waals surface area contributed by atoms with Crippen LogP contribution < -0.4 is 5.32 Å². The number of rotatable bonds is 3. The lowest BCUT2D eigenvalue weighted by molar-refractivity contribution is -0.150. The minimum absolute atomic E-state index is 0.0334. The Kier molecular flexibility index (Phi) is 6.22. The van der Waals surface area contributed by atoms with E-state index >= 15 is 0 Å². The summed E-state index contributed by atoms with van der Waals surface area (Å²) in [6.07, 6.45) is 0.970. The Bertz CT molecular complexity index is 792. The van der Waals surface area contributed by atoms with Gasteiger partial charge in [0.25, 0.3) is 5.91 Å². The predicted octanol–water partition coefficient (Wildman–Crippen LogP) is 2.42. The molecule has 0 saturated carbocycles. The van der Waals surface area contributed by atoms with Crippen molar-refractivity contribution in [2.45, 2.75) is 65.3 Å². The van der Waals surface area contributed by atoms with E-state index in [-0.39, 0.29) is 30.4 Å². The first kappa shape index (κ1) is 22.3. The molecule has 3 rings (SSSR count). The molecule has 1 aromatic rings. The molecule has 2 saturated heterocycles.